The summed E-state index contributed by atoms with van der Waals surface area (Å²) >= 11 is -3.91. The fourth-order valence-corrected chi connectivity index (χ4v) is 23.3. The third kappa shape index (κ3) is 3.88. The first-order valence-corrected chi connectivity index (χ1v) is 23.3. The van der Waals surface area contributed by atoms with Crippen molar-refractivity contribution < 1.29 is 17.9 Å². The van der Waals surface area contributed by atoms with Crippen molar-refractivity contribution in [1.82, 2.24) is 0 Å². The van der Waals surface area contributed by atoms with Gasteiger partial charge in [-0.25, -0.2) is 0 Å². The van der Waals surface area contributed by atoms with Crippen LogP contribution in [0.25, 0.3) is 28.3 Å². The maximum absolute atomic E-state index is 7.75. The van der Waals surface area contributed by atoms with Crippen LogP contribution in [-0.2, 0) is 17.9 Å². The number of rotatable bonds is 5. The van der Waals surface area contributed by atoms with E-state index in [1.54, 1.807) is 0 Å². The van der Waals surface area contributed by atoms with Crippen LogP contribution >= 0.6 is 17.0 Å². The summed E-state index contributed by atoms with van der Waals surface area (Å²) in [4.78, 5) is 0. The molecule has 4 aromatic rings. The minimum absolute atomic E-state index is 0.135. The average molecular weight is 605 g/mol. The van der Waals surface area contributed by atoms with Crippen molar-refractivity contribution in [1.29, 1.82) is 0 Å². The Bertz CT molecular complexity index is 1500. The zero-order valence-electron chi connectivity index (χ0n) is 21.0. The quantitative estimate of drug-likeness (QED) is 0.186. The predicted molar refractivity (Wildman–Crippen MR) is 158 cm³/mol. The van der Waals surface area contributed by atoms with Crippen LogP contribution < -0.4 is 13.6 Å². The molecular weight excluding hydrogens is 575 g/mol. The first-order chi connectivity index (χ1) is 17.4. The molecule has 36 heavy (non-hydrogen) atoms. The molecule has 0 fully saturated rings. The fourth-order valence-electron chi connectivity index (χ4n) is 6.30. The first-order valence-electron chi connectivity index (χ1n) is 12.9. The monoisotopic (exact) mass is 602 g/mol. The van der Waals surface area contributed by atoms with E-state index < -0.39 is 27.4 Å². The third-order valence-electron chi connectivity index (χ3n) is 7.99. The number of benzene rings is 4. The van der Waals surface area contributed by atoms with Crippen LogP contribution in [0, 0.1) is 0 Å². The number of halogens is 2. The molecule has 180 valence electrons. The molecule has 0 spiro atoms. The molecule has 0 nitrogen and oxygen atoms in total. The summed E-state index contributed by atoms with van der Waals surface area (Å²) in [6.07, 6.45) is 3.40. The molecule has 4 heteroatoms. The molecule has 0 saturated carbocycles. The van der Waals surface area contributed by atoms with E-state index in [-0.39, 0.29) is 3.63 Å². The summed E-state index contributed by atoms with van der Waals surface area (Å²) in [5, 5.41) is 3.01. The van der Waals surface area contributed by atoms with Crippen LogP contribution in [0.15, 0.2) is 90.5 Å². The molecule has 0 radical (unpaired) electrons. The molecule has 1 aliphatic carbocycles. The van der Waals surface area contributed by atoms with E-state index in [4.69, 9.17) is 17.0 Å². The molecule has 0 bridgehead atoms. The van der Waals surface area contributed by atoms with E-state index in [1.165, 1.54) is 58.2 Å². The summed E-state index contributed by atoms with van der Waals surface area (Å²) < 4.78 is 1.44. The standard InChI is InChI=1S/C20H21.C12H9Si.2ClH.Zr/c1-4-15-12-17-10-11-18(14(2)3)20(19(17)13-15)16-8-6-5-7-9-16;1-3-7-11-9(5-1)10-6-2-4-8-12(10)13-11;;;/h5-14H,4H2,1-3H3;1-7H,13H2;2*1H;/q;;;;+2/p-2. The van der Waals surface area contributed by atoms with E-state index in [0.717, 1.165) is 6.42 Å². The van der Waals surface area contributed by atoms with Crippen LogP contribution in [0.5, 0.6) is 0 Å². The Balaban J connectivity index is 1.54. The zero-order valence-corrected chi connectivity index (χ0v) is 26.4. The van der Waals surface area contributed by atoms with Crippen LogP contribution in [-0.4, -0.2) is 9.52 Å². The van der Waals surface area contributed by atoms with E-state index in [0.29, 0.717) is 5.92 Å². The van der Waals surface area contributed by atoms with Gasteiger partial charge in [-0.05, 0) is 0 Å². The molecule has 1 aliphatic heterocycles. The van der Waals surface area contributed by atoms with E-state index in [2.05, 4.69) is 112 Å². The molecule has 2 aliphatic rings. The molecular formula is C32H30Cl2SiZr. The van der Waals surface area contributed by atoms with Gasteiger partial charge in [0.15, 0.2) is 0 Å². The second kappa shape index (κ2) is 9.55. The summed E-state index contributed by atoms with van der Waals surface area (Å²) in [5.41, 5.74) is 10.9. The van der Waals surface area contributed by atoms with E-state index >= 15 is 0 Å². The Hall–Kier alpha value is -1.70. The number of hydrogen-bond acceptors (Lipinski definition) is 0. The molecule has 6 rings (SSSR count). The van der Waals surface area contributed by atoms with E-state index in [9.17, 15) is 0 Å². The second-order valence-corrected chi connectivity index (χ2v) is 26.2. The van der Waals surface area contributed by atoms with Crippen molar-refractivity contribution in [3.05, 3.63) is 107 Å². The minimum atomic E-state index is -3.91. The normalized spacial score (nSPS) is 16.7. The van der Waals surface area contributed by atoms with Gasteiger partial charge in [0.25, 0.3) is 0 Å². The molecule has 0 aromatic heterocycles. The van der Waals surface area contributed by atoms with Gasteiger partial charge < -0.3 is 0 Å². The van der Waals surface area contributed by atoms with Gasteiger partial charge in [0.1, 0.15) is 0 Å². The zero-order chi connectivity index (χ0) is 25.0. The van der Waals surface area contributed by atoms with Crippen molar-refractivity contribution in [2.45, 2.75) is 36.7 Å². The fraction of sp³-hybridized carbons (Fsp3) is 0.188. The number of hydrogen-bond donors (Lipinski definition) is 0. The van der Waals surface area contributed by atoms with E-state index in [1.807, 2.05) is 0 Å². The summed E-state index contributed by atoms with van der Waals surface area (Å²) in [6.45, 7) is 6.83. The van der Waals surface area contributed by atoms with Crippen molar-refractivity contribution in [3.63, 3.8) is 0 Å². The topological polar surface area (TPSA) is 0 Å². The molecule has 1 unspecified atom stereocenters. The molecule has 0 amide bonds. The van der Waals surface area contributed by atoms with Crippen LogP contribution in [0.4, 0.5) is 0 Å². The Kier molecular flexibility index (Phi) is 6.54. The Morgan fingerprint density at radius 1 is 0.833 bits per heavy atom. The van der Waals surface area contributed by atoms with Crippen molar-refractivity contribution in [2.75, 3.05) is 0 Å². The third-order valence-corrected chi connectivity index (χ3v) is 22.3. The van der Waals surface area contributed by atoms with Gasteiger partial charge in [0.05, 0.1) is 0 Å². The van der Waals surface area contributed by atoms with Gasteiger partial charge in [-0.3, -0.25) is 0 Å². The summed E-state index contributed by atoms with van der Waals surface area (Å²) in [5.74, 6) is 0.435. The van der Waals surface area contributed by atoms with Gasteiger partial charge in [-0.2, -0.15) is 0 Å². The van der Waals surface area contributed by atoms with Crippen LogP contribution in [0.2, 0.25) is 0 Å². The van der Waals surface area contributed by atoms with Gasteiger partial charge in [0.2, 0.25) is 0 Å². The molecule has 0 N–H and O–H groups in total. The molecule has 1 atom stereocenters. The molecule has 1 heterocycles. The number of allylic oxidation sites excluding steroid dienone is 1. The van der Waals surface area contributed by atoms with Crippen molar-refractivity contribution in [2.24, 2.45) is 0 Å². The molecule has 4 aromatic carbocycles. The SMILES string of the molecule is CCC1=Cc2c(ccc(C(C)C)c2-c2ccccc2)[CH]1[Zr]([Cl])([Cl])[c]1cccc2c1[SiH2]c1ccccc1-2. The van der Waals surface area contributed by atoms with Crippen LogP contribution in [0.1, 0.15) is 53.4 Å². The van der Waals surface area contributed by atoms with Crippen molar-refractivity contribution in [3.8, 4) is 22.3 Å². The second-order valence-electron chi connectivity index (χ2n) is 10.3. The number of fused-ring (bicyclic) bond motifs is 4. The van der Waals surface area contributed by atoms with Crippen LogP contribution in [0.3, 0.4) is 0 Å². The van der Waals surface area contributed by atoms with Gasteiger partial charge in [-0.1, -0.05) is 0 Å². The Labute approximate surface area is 228 Å². The maximum atomic E-state index is 7.75. The van der Waals surface area contributed by atoms with Gasteiger partial charge in [-0.15, -0.1) is 0 Å². The summed E-state index contributed by atoms with van der Waals surface area (Å²) in [6, 6.07) is 31.1. The predicted octanol–water partition coefficient (Wildman–Crippen LogP) is 7.21. The molecule has 0 saturated heterocycles. The van der Waals surface area contributed by atoms with Gasteiger partial charge in [0, 0.05) is 0 Å². The first kappa shape index (κ1) is 24.6. The van der Waals surface area contributed by atoms with Gasteiger partial charge >= 0.3 is 230 Å². The average Bonchev–Trinajstić information content (AvgIpc) is 3.47. The van der Waals surface area contributed by atoms with Crippen molar-refractivity contribution >= 4 is 46.3 Å². The Morgan fingerprint density at radius 3 is 2.31 bits per heavy atom. The summed E-state index contributed by atoms with van der Waals surface area (Å²) in [7, 11) is 14.9. The Morgan fingerprint density at radius 2 is 1.56 bits per heavy atom.